The van der Waals surface area contributed by atoms with E-state index in [1.807, 2.05) is 48.5 Å². The van der Waals surface area contributed by atoms with Crippen LogP contribution in [-0.4, -0.2) is 23.0 Å². The second-order valence-corrected chi connectivity index (χ2v) is 5.78. The highest BCUT2D eigenvalue weighted by molar-refractivity contribution is 6.09. The number of aliphatic hydroxyl groups excluding tert-OH is 1. The van der Waals surface area contributed by atoms with Gasteiger partial charge in [0.15, 0.2) is 0 Å². The maximum absolute atomic E-state index is 12.4. The molecule has 0 aromatic heterocycles. The van der Waals surface area contributed by atoms with Gasteiger partial charge in [-0.25, -0.2) is 0 Å². The van der Waals surface area contributed by atoms with E-state index < -0.39 is 17.9 Å². The number of carbonyl (C=O) groups excluding carboxylic acids is 2. The molecule has 23 heavy (non-hydrogen) atoms. The summed E-state index contributed by atoms with van der Waals surface area (Å²) in [7, 11) is 0. The molecule has 2 amide bonds. The Labute approximate surface area is 134 Å². The summed E-state index contributed by atoms with van der Waals surface area (Å²) in [5.41, 5.74) is 8.46. The molecule has 3 rings (SSSR count). The van der Waals surface area contributed by atoms with Gasteiger partial charge in [0.05, 0.1) is 6.54 Å². The molecule has 0 spiro atoms. The van der Waals surface area contributed by atoms with Crippen molar-refractivity contribution in [2.45, 2.75) is 25.5 Å². The van der Waals surface area contributed by atoms with Crippen molar-refractivity contribution in [1.29, 1.82) is 0 Å². The van der Waals surface area contributed by atoms with E-state index in [0.717, 1.165) is 22.4 Å². The number of nitrogens with two attached hydrogens (primary N) is 1. The second-order valence-electron chi connectivity index (χ2n) is 5.78. The van der Waals surface area contributed by atoms with Gasteiger partial charge in [-0.1, -0.05) is 37.3 Å². The topological polar surface area (TPSA) is 83.6 Å². The Hall–Kier alpha value is -2.66. The molecule has 1 aliphatic heterocycles. The number of amides is 2. The fourth-order valence-electron chi connectivity index (χ4n) is 2.85. The highest BCUT2D eigenvalue weighted by Crippen LogP contribution is 2.29. The molecule has 0 unspecified atom stereocenters. The number of aliphatic hydroxyl groups is 1. The summed E-state index contributed by atoms with van der Waals surface area (Å²) in [6, 6.07) is 14.8. The van der Waals surface area contributed by atoms with Crippen molar-refractivity contribution in [2.75, 3.05) is 4.90 Å². The van der Waals surface area contributed by atoms with Gasteiger partial charge in [-0.2, -0.15) is 0 Å². The van der Waals surface area contributed by atoms with Gasteiger partial charge in [0.1, 0.15) is 6.10 Å². The number of hydrogen-bond acceptors (Lipinski definition) is 3. The molecular formula is C18H18N2O3. The van der Waals surface area contributed by atoms with E-state index in [9.17, 15) is 14.7 Å². The van der Waals surface area contributed by atoms with Crippen molar-refractivity contribution in [3.8, 4) is 0 Å². The van der Waals surface area contributed by atoms with E-state index >= 15 is 0 Å². The molecule has 0 saturated heterocycles. The number of rotatable bonds is 4. The number of anilines is 1. The van der Waals surface area contributed by atoms with Crippen molar-refractivity contribution < 1.29 is 14.7 Å². The van der Waals surface area contributed by atoms with Gasteiger partial charge in [-0.15, -0.1) is 0 Å². The maximum Gasteiger partial charge on any atom is 0.258 e. The van der Waals surface area contributed by atoms with Crippen molar-refractivity contribution in [1.82, 2.24) is 0 Å². The molecule has 2 aromatic rings. The third-order valence-corrected chi connectivity index (χ3v) is 4.32. The average molecular weight is 310 g/mol. The van der Waals surface area contributed by atoms with Crippen LogP contribution in [0.4, 0.5) is 5.69 Å². The fraction of sp³-hybridized carbons (Fsp3) is 0.222. The van der Waals surface area contributed by atoms with Crippen LogP contribution in [0.2, 0.25) is 0 Å². The lowest BCUT2D eigenvalue weighted by Gasteiger charge is -2.19. The summed E-state index contributed by atoms with van der Waals surface area (Å²) >= 11 is 0. The summed E-state index contributed by atoms with van der Waals surface area (Å²) in [5, 5.41) is 9.75. The first-order valence-electron chi connectivity index (χ1n) is 7.46. The molecular weight excluding hydrogens is 292 g/mol. The fourth-order valence-corrected chi connectivity index (χ4v) is 2.85. The second kappa shape index (κ2) is 5.85. The number of nitrogens with zero attached hydrogens (tertiary/aromatic N) is 1. The van der Waals surface area contributed by atoms with Gasteiger partial charge in [-0.3, -0.25) is 9.59 Å². The van der Waals surface area contributed by atoms with Gasteiger partial charge in [0.2, 0.25) is 5.91 Å². The van der Waals surface area contributed by atoms with E-state index in [1.165, 1.54) is 0 Å². The molecule has 3 N–H and O–H groups in total. The van der Waals surface area contributed by atoms with E-state index in [0.29, 0.717) is 6.54 Å². The lowest BCUT2D eigenvalue weighted by Crippen LogP contribution is -2.32. The standard InChI is InChI=1S/C18H18N2O3/c1-11(16(21)17(19)22)12-6-8-14(9-7-12)20-10-13-4-2-3-5-15(13)18(20)23/h2-9,11,16,21H,10H2,1H3,(H2,19,22)/t11-,16+/m0/s1. The minimum atomic E-state index is -1.22. The van der Waals surface area contributed by atoms with Crippen molar-refractivity contribution in [3.05, 3.63) is 65.2 Å². The molecule has 1 aliphatic rings. The Morgan fingerprint density at radius 2 is 1.83 bits per heavy atom. The zero-order chi connectivity index (χ0) is 16.6. The van der Waals surface area contributed by atoms with Gasteiger partial charge in [0, 0.05) is 17.2 Å². The lowest BCUT2D eigenvalue weighted by atomic mass is 9.95. The first kappa shape index (κ1) is 15.2. The predicted molar refractivity (Wildman–Crippen MR) is 87.0 cm³/mol. The monoisotopic (exact) mass is 310 g/mol. The Balaban J connectivity index is 1.82. The van der Waals surface area contributed by atoms with Crippen LogP contribution < -0.4 is 10.6 Å². The summed E-state index contributed by atoms with van der Waals surface area (Å²) < 4.78 is 0. The Morgan fingerprint density at radius 1 is 1.17 bits per heavy atom. The highest BCUT2D eigenvalue weighted by atomic mass is 16.3. The average Bonchev–Trinajstić information content (AvgIpc) is 2.91. The summed E-state index contributed by atoms with van der Waals surface area (Å²) in [5.74, 6) is -1.15. The number of primary amides is 1. The van der Waals surface area contributed by atoms with Gasteiger partial charge < -0.3 is 15.7 Å². The molecule has 0 bridgehead atoms. The van der Waals surface area contributed by atoms with Crippen molar-refractivity contribution in [3.63, 3.8) is 0 Å². The maximum atomic E-state index is 12.4. The van der Waals surface area contributed by atoms with Crippen LogP contribution in [-0.2, 0) is 11.3 Å². The first-order valence-corrected chi connectivity index (χ1v) is 7.46. The number of benzene rings is 2. The molecule has 2 atom stereocenters. The molecule has 0 radical (unpaired) electrons. The van der Waals surface area contributed by atoms with Gasteiger partial charge in [-0.05, 0) is 29.3 Å². The Bertz CT molecular complexity index is 755. The van der Waals surface area contributed by atoms with Crippen LogP contribution in [0.1, 0.15) is 34.3 Å². The number of fused-ring (bicyclic) bond motifs is 1. The number of carbonyl (C=O) groups is 2. The first-order chi connectivity index (χ1) is 11.0. The Morgan fingerprint density at radius 3 is 2.43 bits per heavy atom. The third-order valence-electron chi connectivity index (χ3n) is 4.32. The van der Waals surface area contributed by atoms with Crippen LogP contribution in [0.25, 0.3) is 0 Å². The largest absolute Gasteiger partial charge is 0.383 e. The van der Waals surface area contributed by atoms with Crippen LogP contribution in [0.5, 0.6) is 0 Å². The normalized spacial score (nSPS) is 16.1. The number of hydrogen-bond donors (Lipinski definition) is 2. The van der Waals surface area contributed by atoms with E-state index in [-0.39, 0.29) is 5.91 Å². The van der Waals surface area contributed by atoms with Crippen LogP contribution in [0.3, 0.4) is 0 Å². The molecule has 5 nitrogen and oxygen atoms in total. The molecule has 0 saturated carbocycles. The molecule has 1 heterocycles. The molecule has 0 fully saturated rings. The van der Waals surface area contributed by atoms with Crippen molar-refractivity contribution >= 4 is 17.5 Å². The highest BCUT2D eigenvalue weighted by Gasteiger charge is 2.28. The Kier molecular flexibility index (Phi) is 3.88. The van der Waals surface area contributed by atoms with Crippen LogP contribution in [0, 0.1) is 0 Å². The minimum Gasteiger partial charge on any atom is -0.383 e. The lowest BCUT2D eigenvalue weighted by molar-refractivity contribution is -0.126. The van der Waals surface area contributed by atoms with Crippen molar-refractivity contribution in [2.24, 2.45) is 5.73 Å². The summed E-state index contributed by atoms with van der Waals surface area (Å²) in [4.78, 5) is 25.2. The zero-order valence-corrected chi connectivity index (χ0v) is 12.8. The zero-order valence-electron chi connectivity index (χ0n) is 12.8. The van der Waals surface area contributed by atoms with E-state index in [2.05, 4.69) is 0 Å². The summed E-state index contributed by atoms with van der Waals surface area (Å²) in [6.07, 6.45) is -1.22. The quantitative estimate of drug-likeness (QED) is 0.903. The minimum absolute atomic E-state index is 0.0152. The third kappa shape index (κ3) is 2.71. The smallest absolute Gasteiger partial charge is 0.258 e. The summed E-state index contributed by atoms with van der Waals surface area (Å²) in [6.45, 7) is 2.29. The molecule has 0 aliphatic carbocycles. The SMILES string of the molecule is C[C@@H](c1ccc(N2Cc3ccccc3C2=O)cc1)[C@@H](O)C(N)=O. The predicted octanol–water partition coefficient (Wildman–Crippen LogP) is 1.80. The van der Waals surface area contributed by atoms with Crippen LogP contribution in [0.15, 0.2) is 48.5 Å². The van der Waals surface area contributed by atoms with Gasteiger partial charge in [0.25, 0.3) is 5.91 Å². The molecule has 118 valence electrons. The van der Waals surface area contributed by atoms with E-state index in [1.54, 1.807) is 11.8 Å². The van der Waals surface area contributed by atoms with Gasteiger partial charge >= 0.3 is 0 Å². The molecule has 5 heteroatoms. The van der Waals surface area contributed by atoms with E-state index in [4.69, 9.17) is 5.73 Å². The van der Waals surface area contributed by atoms with Crippen LogP contribution >= 0.6 is 0 Å². The molecule has 2 aromatic carbocycles.